The van der Waals surface area contributed by atoms with Crippen LogP contribution < -0.4 is 5.73 Å². The Balaban J connectivity index is 3.34. The number of ether oxygens (including phenoxy) is 1. The number of carbonyl (C=O) groups excluding carboxylic acids is 1. The van der Waals surface area contributed by atoms with E-state index in [2.05, 4.69) is 4.74 Å². The zero-order valence-electron chi connectivity index (χ0n) is 8.13. The highest BCUT2D eigenvalue weighted by Crippen LogP contribution is 2.29. The summed E-state index contributed by atoms with van der Waals surface area (Å²) in [6, 6.07) is -1.39. The van der Waals surface area contributed by atoms with Gasteiger partial charge in [-0.15, -0.1) is 0 Å². The number of carbonyl (C=O) groups is 1. The summed E-state index contributed by atoms with van der Waals surface area (Å²) in [5.74, 6) is -7.13. The Morgan fingerprint density at radius 3 is 2.50 bits per heavy atom. The second kappa shape index (κ2) is 4.40. The van der Waals surface area contributed by atoms with Crippen LogP contribution in [-0.4, -0.2) is 18.2 Å². The fourth-order valence-electron chi connectivity index (χ4n) is 1.14. The van der Waals surface area contributed by atoms with Crippen LogP contribution in [0.1, 0.15) is 11.6 Å². The first-order valence-electron chi connectivity index (χ1n) is 4.10. The Hall–Kier alpha value is -1.76. The van der Waals surface area contributed by atoms with Gasteiger partial charge in [0.2, 0.25) is 0 Å². The van der Waals surface area contributed by atoms with Gasteiger partial charge in [-0.05, 0) is 0 Å². The molecule has 0 aromatic heterocycles. The van der Waals surface area contributed by atoms with E-state index in [0.29, 0.717) is 6.07 Å². The summed E-state index contributed by atoms with van der Waals surface area (Å²) < 4.78 is 42.9. The highest BCUT2D eigenvalue weighted by atomic mass is 19.2. The predicted octanol–water partition coefficient (Wildman–Crippen LogP) is 0.982. The van der Waals surface area contributed by atoms with Gasteiger partial charge in [0.15, 0.2) is 17.5 Å². The molecule has 0 fully saturated rings. The number of halogens is 3. The maximum atomic E-state index is 13.2. The maximum absolute atomic E-state index is 13.2. The third-order valence-electron chi connectivity index (χ3n) is 1.94. The Morgan fingerprint density at radius 1 is 1.44 bits per heavy atom. The fourth-order valence-corrected chi connectivity index (χ4v) is 1.14. The van der Waals surface area contributed by atoms with Crippen molar-refractivity contribution >= 4 is 5.97 Å². The van der Waals surface area contributed by atoms with Crippen molar-refractivity contribution < 1.29 is 27.8 Å². The number of benzene rings is 1. The highest BCUT2D eigenvalue weighted by molar-refractivity contribution is 5.78. The summed E-state index contributed by atoms with van der Waals surface area (Å²) in [6.45, 7) is 0. The lowest BCUT2D eigenvalue weighted by atomic mass is 10.1. The van der Waals surface area contributed by atoms with Crippen LogP contribution in [0.2, 0.25) is 0 Å². The molecule has 0 aliphatic carbocycles. The first-order chi connectivity index (χ1) is 7.40. The fraction of sp³-hybridized carbons (Fsp3) is 0.222. The van der Waals surface area contributed by atoms with E-state index in [-0.39, 0.29) is 0 Å². The third kappa shape index (κ3) is 1.94. The van der Waals surface area contributed by atoms with Crippen LogP contribution in [0, 0.1) is 17.5 Å². The molecular formula is C9H8F3NO3. The highest BCUT2D eigenvalue weighted by Gasteiger charge is 2.28. The number of phenolic OH excluding ortho intramolecular Hbond substituents is 1. The molecule has 1 atom stereocenters. The Morgan fingerprint density at radius 2 is 2.00 bits per heavy atom. The van der Waals surface area contributed by atoms with Crippen molar-refractivity contribution in [1.29, 1.82) is 0 Å². The smallest absolute Gasteiger partial charge is 0.327 e. The third-order valence-corrected chi connectivity index (χ3v) is 1.94. The Labute approximate surface area is 88.4 Å². The molecule has 0 unspecified atom stereocenters. The minimum absolute atomic E-state index is 0.330. The van der Waals surface area contributed by atoms with Gasteiger partial charge < -0.3 is 15.6 Å². The largest absolute Gasteiger partial charge is 0.507 e. The summed E-state index contributed by atoms with van der Waals surface area (Å²) >= 11 is 0. The lowest BCUT2D eigenvalue weighted by Crippen LogP contribution is -2.24. The first kappa shape index (κ1) is 12.3. The van der Waals surface area contributed by atoms with Gasteiger partial charge in [0.1, 0.15) is 11.8 Å². The number of phenols is 1. The van der Waals surface area contributed by atoms with Crippen LogP contribution in [0.3, 0.4) is 0 Å². The predicted molar refractivity (Wildman–Crippen MR) is 46.9 cm³/mol. The molecule has 7 heteroatoms. The van der Waals surface area contributed by atoms with Crippen molar-refractivity contribution in [2.75, 3.05) is 7.11 Å². The van der Waals surface area contributed by atoms with Crippen molar-refractivity contribution in [1.82, 2.24) is 0 Å². The summed E-state index contributed by atoms with van der Waals surface area (Å²) in [5.41, 5.74) is 4.36. The number of rotatable bonds is 2. The summed E-state index contributed by atoms with van der Waals surface area (Å²) in [6.07, 6.45) is 0. The quantitative estimate of drug-likeness (QED) is 0.592. The minimum atomic E-state index is -1.81. The molecule has 1 aromatic carbocycles. The number of esters is 1. The second-order valence-corrected chi connectivity index (χ2v) is 2.92. The molecule has 0 spiro atoms. The van der Waals surface area contributed by atoms with Gasteiger partial charge in [-0.3, -0.25) is 4.79 Å². The molecule has 0 saturated heterocycles. The molecule has 1 rings (SSSR count). The summed E-state index contributed by atoms with van der Waals surface area (Å²) in [4.78, 5) is 11.0. The van der Waals surface area contributed by atoms with E-state index >= 15 is 0 Å². The number of methoxy groups -OCH3 is 1. The molecule has 1 aromatic rings. The van der Waals surface area contributed by atoms with Crippen molar-refractivity contribution in [3.63, 3.8) is 0 Å². The van der Waals surface area contributed by atoms with Gasteiger partial charge in [0.25, 0.3) is 0 Å². The van der Waals surface area contributed by atoms with Crippen LogP contribution in [0.4, 0.5) is 13.2 Å². The first-order valence-corrected chi connectivity index (χ1v) is 4.10. The number of hydrogen-bond donors (Lipinski definition) is 2. The molecule has 0 heterocycles. The lowest BCUT2D eigenvalue weighted by molar-refractivity contribution is -0.142. The second-order valence-electron chi connectivity index (χ2n) is 2.92. The molecule has 3 N–H and O–H groups in total. The van der Waals surface area contributed by atoms with Gasteiger partial charge in [0, 0.05) is 6.07 Å². The van der Waals surface area contributed by atoms with Crippen LogP contribution in [0.25, 0.3) is 0 Å². The number of hydrogen-bond acceptors (Lipinski definition) is 4. The molecule has 0 radical (unpaired) electrons. The zero-order valence-corrected chi connectivity index (χ0v) is 8.13. The van der Waals surface area contributed by atoms with Crippen molar-refractivity contribution in [2.45, 2.75) is 6.04 Å². The minimum Gasteiger partial charge on any atom is -0.507 e. The van der Waals surface area contributed by atoms with Gasteiger partial charge >= 0.3 is 5.97 Å². The zero-order chi connectivity index (χ0) is 12.5. The standard InChI is InChI=1S/C9H8F3NO3/c1-16-9(15)8(13)5-4(14)2-3(10)6(11)7(5)12/h2,8,14H,13H2,1H3/t8-/m0/s1. The SMILES string of the molecule is COC(=O)[C@@H](N)c1c(O)cc(F)c(F)c1F. The molecule has 0 aliphatic heterocycles. The van der Waals surface area contributed by atoms with E-state index in [0.717, 1.165) is 7.11 Å². The average molecular weight is 235 g/mol. The van der Waals surface area contributed by atoms with Gasteiger partial charge in [-0.2, -0.15) is 0 Å². The molecule has 0 saturated carbocycles. The average Bonchev–Trinajstić information content (AvgIpc) is 2.24. The van der Waals surface area contributed by atoms with Crippen molar-refractivity contribution in [2.24, 2.45) is 5.73 Å². The van der Waals surface area contributed by atoms with Crippen LogP contribution >= 0.6 is 0 Å². The van der Waals surface area contributed by atoms with Crippen molar-refractivity contribution in [3.05, 3.63) is 29.1 Å². The van der Waals surface area contributed by atoms with Crippen LogP contribution in [0.15, 0.2) is 6.07 Å². The number of nitrogens with two attached hydrogens (primary N) is 1. The topological polar surface area (TPSA) is 72.5 Å². The molecule has 0 bridgehead atoms. The summed E-state index contributed by atoms with van der Waals surface area (Å²) in [5, 5.41) is 9.18. The van der Waals surface area contributed by atoms with E-state index in [9.17, 15) is 23.1 Å². The van der Waals surface area contributed by atoms with E-state index in [4.69, 9.17) is 5.73 Å². The Kier molecular flexibility index (Phi) is 3.38. The molecule has 16 heavy (non-hydrogen) atoms. The molecule has 0 aliphatic rings. The van der Waals surface area contributed by atoms with E-state index in [1.54, 1.807) is 0 Å². The maximum Gasteiger partial charge on any atom is 0.327 e. The van der Waals surface area contributed by atoms with Crippen LogP contribution in [-0.2, 0) is 9.53 Å². The van der Waals surface area contributed by atoms with Crippen molar-refractivity contribution in [3.8, 4) is 5.75 Å². The molecular weight excluding hydrogens is 227 g/mol. The molecule has 0 amide bonds. The monoisotopic (exact) mass is 235 g/mol. The van der Waals surface area contributed by atoms with E-state index in [1.807, 2.05) is 0 Å². The summed E-state index contributed by atoms with van der Waals surface area (Å²) in [7, 11) is 0.983. The van der Waals surface area contributed by atoms with Gasteiger partial charge in [-0.25, -0.2) is 13.2 Å². The van der Waals surface area contributed by atoms with E-state index < -0.39 is 40.8 Å². The lowest BCUT2D eigenvalue weighted by Gasteiger charge is -2.12. The molecule has 4 nitrogen and oxygen atoms in total. The van der Waals surface area contributed by atoms with Crippen LogP contribution in [0.5, 0.6) is 5.75 Å². The van der Waals surface area contributed by atoms with Gasteiger partial charge in [-0.1, -0.05) is 0 Å². The normalized spacial score (nSPS) is 12.3. The Bertz CT molecular complexity index is 436. The molecule has 88 valence electrons. The van der Waals surface area contributed by atoms with E-state index in [1.165, 1.54) is 0 Å². The number of aromatic hydroxyl groups is 1. The van der Waals surface area contributed by atoms with Gasteiger partial charge in [0.05, 0.1) is 12.7 Å².